The summed E-state index contributed by atoms with van der Waals surface area (Å²) < 4.78 is 39.8. The number of carboxylic acid groups (broad SMARTS) is 1. The number of phenols is 1. The van der Waals surface area contributed by atoms with Crippen LogP contribution in [0.3, 0.4) is 0 Å². The molecule has 0 aliphatic rings. The van der Waals surface area contributed by atoms with Gasteiger partial charge in [0.05, 0.1) is 10.6 Å². The molecule has 2 rings (SSSR count). The molecule has 0 aromatic heterocycles. The Kier molecular flexibility index (Phi) is 4.05. The molecule has 6 nitrogen and oxygen atoms in total. The Morgan fingerprint density at radius 3 is 2.45 bits per heavy atom. The van der Waals surface area contributed by atoms with Crippen molar-refractivity contribution in [1.29, 1.82) is 0 Å². The fourth-order valence-corrected chi connectivity index (χ4v) is 3.16. The van der Waals surface area contributed by atoms with E-state index in [1.54, 1.807) is 0 Å². The number of aromatic carboxylic acids is 1. The van der Waals surface area contributed by atoms with Crippen LogP contribution in [-0.4, -0.2) is 24.6 Å². The van der Waals surface area contributed by atoms with E-state index in [0.717, 1.165) is 24.3 Å². The highest BCUT2D eigenvalue weighted by Crippen LogP contribution is 2.25. The van der Waals surface area contributed by atoms with Crippen molar-refractivity contribution in [3.05, 3.63) is 53.3 Å². The molecule has 0 spiro atoms. The number of carbonyl (C=O) groups is 1. The van der Waals surface area contributed by atoms with Crippen LogP contribution in [0.2, 0.25) is 0 Å². The van der Waals surface area contributed by atoms with Crippen LogP contribution in [0.1, 0.15) is 15.9 Å². The number of halogens is 1. The Morgan fingerprint density at radius 1 is 1.18 bits per heavy atom. The minimum atomic E-state index is -4.06. The highest BCUT2D eigenvalue weighted by molar-refractivity contribution is 7.92. The summed E-state index contributed by atoms with van der Waals surface area (Å²) in [5, 5.41) is 18.3. The third kappa shape index (κ3) is 3.17. The number of anilines is 1. The molecule has 0 amide bonds. The average molecular weight is 325 g/mol. The van der Waals surface area contributed by atoms with Crippen molar-refractivity contribution in [2.45, 2.75) is 11.8 Å². The van der Waals surface area contributed by atoms with Gasteiger partial charge >= 0.3 is 5.97 Å². The topological polar surface area (TPSA) is 104 Å². The minimum Gasteiger partial charge on any atom is -0.507 e. The second-order valence-corrected chi connectivity index (χ2v) is 6.20. The van der Waals surface area contributed by atoms with E-state index in [0.29, 0.717) is 5.56 Å². The van der Waals surface area contributed by atoms with Crippen molar-refractivity contribution < 1.29 is 27.8 Å². The first-order valence-electron chi connectivity index (χ1n) is 6.06. The lowest BCUT2D eigenvalue weighted by atomic mass is 10.2. The largest absolute Gasteiger partial charge is 0.507 e. The second-order valence-electron chi connectivity index (χ2n) is 4.55. The molecular formula is C14H12FNO5S. The predicted octanol–water partition coefficient (Wildman–Crippen LogP) is 2.34. The molecular weight excluding hydrogens is 313 g/mol. The van der Waals surface area contributed by atoms with Gasteiger partial charge in [0, 0.05) is 6.07 Å². The summed E-state index contributed by atoms with van der Waals surface area (Å²) in [5.74, 6) is -2.62. The van der Waals surface area contributed by atoms with Crippen LogP contribution < -0.4 is 4.72 Å². The smallest absolute Gasteiger partial charge is 0.339 e. The molecule has 22 heavy (non-hydrogen) atoms. The number of aryl methyl sites for hydroxylation is 1. The Morgan fingerprint density at radius 2 is 1.86 bits per heavy atom. The van der Waals surface area contributed by atoms with Gasteiger partial charge in [-0.05, 0) is 36.8 Å². The molecule has 0 bridgehead atoms. The van der Waals surface area contributed by atoms with Crippen LogP contribution in [0.4, 0.5) is 10.1 Å². The highest BCUT2D eigenvalue weighted by atomic mass is 32.2. The summed E-state index contributed by atoms with van der Waals surface area (Å²) >= 11 is 0. The number of carboxylic acids is 1. The van der Waals surface area contributed by atoms with Crippen molar-refractivity contribution in [2.75, 3.05) is 4.72 Å². The summed E-state index contributed by atoms with van der Waals surface area (Å²) in [5.41, 5.74) is -0.0451. The molecule has 0 aliphatic carbocycles. The first-order valence-corrected chi connectivity index (χ1v) is 7.54. The first-order chi connectivity index (χ1) is 10.2. The fourth-order valence-electron chi connectivity index (χ4n) is 1.85. The number of hydrogen-bond donors (Lipinski definition) is 3. The predicted molar refractivity (Wildman–Crippen MR) is 77.0 cm³/mol. The van der Waals surface area contributed by atoms with Crippen molar-refractivity contribution in [1.82, 2.24) is 0 Å². The molecule has 0 saturated heterocycles. The number of nitrogens with one attached hydrogen (secondary N) is 1. The van der Waals surface area contributed by atoms with E-state index in [1.165, 1.54) is 19.1 Å². The highest BCUT2D eigenvalue weighted by Gasteiger charge is 2.19. The van der Waals surface area contributed by atoms with E-state index < -0.39 is 27.6 Å². The van der Waals surface area contributed by atoms with Gasteiger partial charge in [0.15, 0.2) is 0 Å². The maximum absolute atomic E-state index is 13.2. The number of sulfonamides is 1. The second kappa shape index (κ2) is 5.64. The monoisotopic (exact) mass is 325 g/mol. The number of hydrogen-bond acceptors (Lipinski definition) is 4. The van der Waals surface area contributed by atoms with Gasteiger partial charge in [-0.1, -0.05) is 6.07 Å². The van der Waals surface area contributed by atoms with E-state index in [1.807, 2.05) is 0 Å². The van der Waals surface area contributed by atoms with Crippen LogP contribution in [0.15, 0.2) is 41.3 Å². The molecule has 8 heteroatoms. The standard InChI is InChI=1S/C14H12FNO5S/c1-8-2-3-9(15)6-13(8)22(20,21)16-10-4-5-11(14(18)19)12(17)7-10/h2-7,16-17H,1H3,(H,18,19). The van der Waals surface area contributed by atoms with Crippen molar-refractivity contribution >= 4 is 21.7 Å². The molecule has 0 unspecified atom stereocenters. The fraction of sp³-hybridized carbons (Fsp3) is 0.0714. The van der Waals surface area contributed by atoms with Gasteiger partial charge in [0.2, 0.25) is 0 Å². The van der Waals surface area contributed by atoms with Gasteiger partial charge in [0.1, 0.15) is 17.1 Å². The van der Waals surface area contributed by atoms with Crippen molar-refractivity contribution in [3.63, 3.8) is 0 Å². The Bertz CT molecular complexity index is 848. The summed E-state index contributed by atoms with van der Waals surface area (Å²) in [6.07, 6.45) is 0. The third-order valence-electron chi connectivity index (χ3n) is 2.92. The minimum absolute atomic E-state index is 0.0360. The maximum Gasteiger partial charge on any atom is 0.339 e. The Hall–Kier alpha value is -2.61. The van der Waals surface area contributed by atoms with Gasteiger partial charge < -0.3 is 10.2 Å². The molecule has 116 valence electrons. The summed E-state index contributed by atoms with van der Waals surface area (Å²) in [7, 11) is -4.06. The van der Waals surface area contributed by atoms with Gasteiger partial charge in [-0.3, -0.25) is 4.72 Å². The lowest BCUT2D eigenvalue weighted by Gasteiger charge is -2.11. The lowest BCUT2D eigenvalue weighted by Crippen LogP contribution is -2.14. The third-order valence-corrected chi connectivity index (χ3v) is 4.44. The molecule has 0 saturated carbocycles. The molecule has 0 aliphatic heterocycles. The zero-order chi connectivity index (χ0) is 16.5. The SMILES string of the molecule is Cc1ccc(F)cc1S(=O)(=O)Nc1ccc(C(=O)O)c(O)c1. The molecule has 2 aromatic carbocycles. The number of aromatic hydroxyl groups is 1. The Balaban J connectivity index is 2.39. The summed E-state index contributed by atoms with van der Waals surface area (Å²) in [4.78, 5) is 10.5. The summed E-state index contributed by atoms with van der Waals surface area (Å²) in [6, 6.07) is 6.57. The van der Waals surface area contributed by atoms with Crippen LogP contribution in [0, 0.1) is 12.7 Å². The van der Waals surface area contributed by atoms with E-state index in [2.05, 4.69) is 4.72 Å². The van der Waals surface area contributed by atoms with Gasteiger partial charge in [-0.15, -0.1) is 0 Å². The van der Waals surface area contributed by atoms with Crippen LogP contribution >= 0.6 is 0 Å². The maximum atomic E-state index is 13.2. The quantitative estimate of drug-likeness (QED) is 0.800. The van der Waals surface area contributed by atoms with E-state index in [-0.39, 0.29) is 16.1 Å². The molecule has 0 atom stereocenters. The molecule has 0 fully saturated rings. The molecule has 3 N–H and O–H groups in total. The zero-order valence-corrected chi connectivity index (χ0v) is 12.2. The van der Waals surface area contributed by atoms with Crippen molar-refractivity contribution in [3.8, 4) is 5.75 Å². The van der Waals surface area contributed by atoms with Gasteiger partial charge in [0.25, 0.3) is 10.0 Å². The molecule has 0 heterocycles. The normalized spacial score (nSPS) is 11.2. The summed E-state index contributed by atoms with van der Waals surface area (Å²) in [6.45, 7) is 1.51. The van der Waals surface area contributed by atoms with E-state index in [9.17, 15) is 22.7 Å². The van der Waals surface area contributed by atoms with Gasteiger partial charge in [-0.2, -0.15) is 0 Å². The Labute approximate surface area is 125 Å². The van der Waals surface area contributed by atoms with Crippen LogP contribution in [0.25, 0.3) is 0 Å². The van der Waals surface area contributed by atoms with Crippen LogP contribution in [-0.2, 0) is 10.0 Å². The number of rotatable bonds is 4. The van der Waals surface area contributed by atoms with E-state index in [4.69, 9.17) is 5.11 Å². The van der Waals surface area contributed by atoms with Gasteiger partial charge in [-0.25, -0.2) is 17.6 Å². The lowest BCUT2D eigenvalue weighted by molar-refractivity contribution is 0.0694. The molecule has 0 radical (unpaired) electrons. The van der Waals surface area contributed by atoms with Crippen molar-refractivity contribution in [2.24, 2.45) is 0 Å². The number of benzene rings is 2. The van der Waals surface area contributed by atoms with Crippen LogP contribution in [0.5, 0.6) is 5.75 Å². The zero-order valence-electron chi connectivity index (χ0n) is 11.4. The first kappa shape index (κ1) is 15.8. The average Bonchev–Trinajstić information content (AvgIpc) is 2.40. The molecule has 2 aromatic rings. The van der Waals surface area contributed by atoms with E-state index >= 15 is 0 Å².